The van der Waals surface area contributed by atoms with Crippen LogP contribution >= 0.6 is 23.5 Å². The molecule has 4 nitrogen and oxygen atoms in total. The van der Waals surface area contributed by atoms with Crippen LogP contribution in [0.3, 0.4) is 0 Å². The van der Waals surface area contributed by atoms with Crippen LogP contribution in [0.5, 0.6) is 0 Å². The van der Waals surface area contributed by atoms with E-state index in [0.717, 1.165) is 5.56 Å². The second-order valence-corrected chi connectivity index (χ2v) is 7.58. The van der Waals surface area contributed by atoms with E-state index < -0.39 is 23.9 Å². The zero-order valence-corrected chi connectivity index (χ0v) is 12.0. The number of rotatable bonds is 2. The van der Waals surface area contributed by atoms with E-state index in [4.69, 9.17) is 9.05 Å². The molecule has 0 spiro atoms. The molecule has 0 bridgehead atoms. The van der Waals surface area contributed by atoms with Gasteiger partial charge in [-0.1, -0.05) is 46.3 Å². The van der Waals surface area contributed by atoms with E-state index in [9.17, 15) is 9.67 Å². The molecule has 94 valence electrons. The van der Waals surface area contributed by atoms with E-state index in [0.29, 0.717) is 0 Å². The molecule has 0 saturated carbocycles. The first-order chi connectivity index (χ1) is 7.92. The molecule has 2 rings (SSSR count). The van der Waals surface area contributed by atoms with Crippen LogP contribution in [0.25, 0.3) is 0 Å². The largest absolute Gasteiger partial charge is 0.377 e. The van der Waals surface area contributed by atoms with Crippen molar-refractivity contribution in [2.75, 3.05) is 7.11 Å². The maximum absolute atomic E-state index is 12.3. The van der Waals surface area contributed by atoms with Gasteiger partial charge in [-0.15, -0.1) is 0 Å². The highest BCUT2D eigenvalue weighted by Crippen LogP contribution is 2.70. The molecular weight excluding hydrogens is 307 g/mol. The highest BCUT2D eigenvalue weighted by molar-refractivity contribution is 9.09. The number of alkyl halides is 1. The van der Waals surface area contributed by atoms with Gasteiger partial charge in [-0.2, -0.15) is 0 Å². The highest BCUT2D eigenvalue weighted by atomic mass is 79.9. The average Bonchev–Trinajstić information content (AvgIpc) is 2.52. The summed E-state index contributed by atoms with van der Waals surface area (Å²) in [5, 5.41) is 8.71. The number of halogens is 1. The van der Waals surface area contributed by atoms with Crippen molar-refractivity contribution >= 4 is 23.5 Å². The molecule has 1 N–H and O–H groups in total. The van der Waals surface area contributed by atoms with Crippen LogP contribution in [-0.4, -0.2) is 22.4 Å². The van der Waals surface area contributed by atoms with Crippen molar-refractivity contribution < 1.29 is 18.7 Å². The van der Waals surface area contributed by atoms with Crippen LogP contribution in [0.4, 0.5) is 0 Å². The lowest BCUT2D eigenvalue weighted by Crippen LogP contribution is -2.31. The molecule has 17 heavy (non-hydrogen) atoms. The van der Waals surface area contributed by atoms with Crippen LogP contribution < -0.4 is 0 Å². The molecule has 1 heterocycles. The molecule has 1 saturated heterocycles. The lowest BCUT2D eigenvalue weighted by Gasteiger charge is -2.23. The van der Waals surface area contributed by atoms with Gasteiger partial charge in [0.2, 0.25) is 0 Å². The van der Waals surface area contributed by atoms with Crippen molar-refractivity contribution in [1.82, 2.24) is 0 Å². The quantitative estimate of drug-likeness (QED) is 0.672. The van der Waals surface area contributed by atoms with Crippen LogP contribution in [-0.2, 0) is 13.6 Å². The Labute approximate surface area is 109 Å². The van der Waals surface area contributed by atoms with Gasteiger partial charge < -0.3 is 9.63 Å². The molecular formula is C11H14BrO4P. The van der Waals surface area contributed by atoms with Gasteiger partial charge in [0, 0.05) is 7.11 Å². The van der Waals surface area contributed by atoms with Crippen LogP contribution in [0.2, 0.25) is 0 Å². The fraction of sp³-hybridized carbons (Fsp3) is 0.455. The smallest absolute Gasteiger partial charge is 0.363 e. The van der Waals surface area contributed by atoms with Gasteiger partial charge in [0.05, 0.1) is 4.83 Å². The van der Waals surface area contributed by atoms with Crippen LogP contribution in [0.1, 0.15) is 18.6 Å². The Balaban J connectivity index is 2.39. The molecule has 1 aromatic rings. The minimum atomic E-state index is -3.52. The number of aliphatic hydroxyl groups is 1. The van der Waals surface area contributed by atoms with Crippen LogP contribution in [0, 0.1) is 0 Å². The first kappa shape index (κ1) is 13.2. The van der Waals surface area contributed by atoms with Crippen molar-refractivity contribution in [2.24, 2.45) is 0 Å². The Bertz CT molecular complexity index is 448. The zero-order chi connectivity index (χ0) is 12.7. The monoisotopic (exact) mass is 320 g/mol. The van der Waals surface area contributed by atoms with E-state index >= 15 is 0 Å². The van der Waals surface area contributed by atoms with E-state index in [-0.39, 0.29) is 0 Å². The lowest BCUT2D eigenvalue weighted by molar-refractivity contribution is 0.131. The topological polar surface area (TPSA) is 55.8 Å². The molecule has 1 aliphatic heterocycles. The van der Waals surface area contributed by atoms with Crippen molar-refractivity contribution in [3.8, 4) is 0 Å². The SMILES string of the molecule is CO[P@@]1(=O)O[C@@H](c2ccccc2)[C@H](Br)[C@]1(C)O. The Kier molecular flexibility index (Phi) is 3.49. The molecule has 0 unspecified atom stereocenters. The van der Waals surface area contributed by atoms with Gasteiger partial charge in [-0.25, -0.2) is 0 Å². The molecule has 1 aromatic carbocycles. The molecule has 0 radical (unpaired) electrons. The van der Waals surface area contributed by atoms with E-state index in [1.165, 1.54) is 14.0 Å². The summed E-state index contributed by atoms with van der Waals surface area (Å²) in [6, 6.07) is 9.34. The standard InChI is InChI=1S/C11H14BrO4P/c1-11(13)10(12)9(16-17(11,14)15-2)8-6-4-3-5-7-8/h3-7,9-10,13H,1-2H3/t9-,10-,11+,17+/m0/s1. The normalized spacial score (nSPS) is 41.6. The Morgan fingerprint density at radius 3 is 2.53 bits per heavy atom. The minimum Gasteiger partial charge on any atom is -0.377 e. The summed E-state index contributed by atoms with van der Waals surface area (Å²) in [7, 11) is -2.24. The Morgan fingerprint density at radius 1 is 1.47 bits per heavy atom. The molecule has 1 aliphatic rings. The second kappa shape index (κ2) is 4.48. The summed E-state index contributed by atoms with van der Waals surface area (Å²) >= 11 is 3.35. The molecule has 4 atom stereocenters. The van der Waals surface area contributed by atoms with Gasteiger partial charge in [-0.05, 0) is 12.5 Å². The van der Waals surface area contributed by atoms with Gasteiger partial charge >= 0.3 is 7.60 Å². The van der Waals surface area contributed by atoms with Gasteiger partial charge in [-0.3, -0.25) is 9.09 Å². The average molecular weight is 321 g/mol. The third kappa shape index (κ3) is 2.00. The van der Waals surface area contributed by atoms with Crippen molar-refractivity contribution in [2.45, 2.75) is 23.2 Å². The molecule has 0 aliphatic carbocycles. The van der Waals surface area contributed by atoms with E-state index in [1.807, 2.05) is 30.3 Å². The van der Waals surface area contributed by atoms with Gasteiger partial charge in [0.1, 0.15) is 6.10 Å². The van der Waals surface area contributed by atoms with E-state index in [2.05, 4.69) is 15.9 Å². The first-order valence-electron chi connectivity index (χ1n) is 5.18. The molecule has 1 fully saturated rings. The summed E-state index contributed by atoms with van der Waals surface area (Å²) in [6.07, 6.45) is -0.489. The first-order valence-corrected chi connectivity index (χ1v) is 7.64. The van der Waals surface area contributed by atoms with Crippen molar-refractivity contribution in [3.05, 3.63) is 35.9 Å². The summed E-state index contributed by atoms with van der Waals surface area (Å²) in [6.45, 7) is 1.46. The summed E-state index contributed by atoms with van der Waals surface area (Å²) in [4.78, 5) is -0.483. The number of hydrogen-bond donors (Lipinski definition) is 1. The summed E-state index contributed by atoms with van der Waals surface area (Å²) in [5.74, 6) is 0. The fourth-order valence-electron chi connectivity index (χ4n) is 1.85. The number of benzene rings is 1. The zero-order valence-electron chi connectivity index (χ0n) is 9.54. The lowest BCUT2D eigenvalue weighted by atomic mass is 10.0. The van der Waals surface area contributed by atoms with Crippen LogP contribution in [0.15, 0.2) is 30.3 Å². The Morgan fingerprint density at radius 2 is 2.06 bits per heavy atom. The minimum absolute atomic E-state index is 0.483. The summed E-state index contributed by atoms with van der Waals surface area (Å²) < 4.78 is 22.6. The third-order valence-corrected chi connectivity index (χ3v) is 7.06. The van der Waals surface area contributed by atoms with Crippen molar-refractivity contribution in [3.63, 3.8) is 0 Å². The highest BCUT2D eigenvalue weighted by Gasteiger charge is 2.61. The number of hydrogen-bond acceptors (Lipinski definition) is 4. The second-order valence-electron chi connectivity index (χ2n) is 4.11. The molecule has 6 heteroatoms. The molecule has 0 amide bonds. The Hall–Kier alpha value is -0.190. The third-order valence-electron chi connectivity index (χ3n) is 2.96. The summed E-state index contributed by atoms with van der Waals surface area (Å²) in [5.41, 5.74) is 0.851. The van der Waals surface area contributed by atoms with Gasteiger partial charge in [0.25, 0.3) is 0 Å². The predicted molar refractivity (Wildman–Crippen MR) is 68.2 cm³/mol. The molecule has 0 aromatic heterocycles. The van der Waals surface area contributed by atoms with E-state index in [1.54, 1.807) is 0 Å². The maximum atomic E-state index is 12.3. The predicted octanol–water partition coefficient (Wildman–Crippen LogP) is 3.07. The van der Waals surface area contributed by atoms with Crippen molar-refractivity contribution in [1.29, 1.82) is 0 Å². The maximum Gasteiger partial charge on any atom is 0.363 e. The van der Waals surface area contributed by atoms with Gasteiger partial charge in [0.15, 0.2) is 5.34 Å². The fourth-order valence-corrected chi connectivity index (χ4v) is 4.83.